The summed E-state index contributed by atoms with van der Waals surface area (Å²) in [5.41, 5.74) is 1.04. The number of methoxy groups -OCH3 is 1. The van der Waals surface area contributed by atoms with Gasteiger partial charge in [-0.05, 0) is 25.3 Å². The van der Waals surface area contributed by atoms with Gasteiger partial charge >= 0.3 is 0 Å². The molecule has 0 aromatic heterocycles. The van der Waals surface area contributed by atoms with E-state index in [1.165, 1.54) is 5.56 Å². The second-order valence-electron chi connectivity index (χ2n) is 5.06. The van der Waals surface area contributed by atoms with Crippen molar-refractivity contribution < 1.29 is 9.84 Å². The van der Waals surface area contributed by atoms with E-state index in [9.17, 15) is 5.11 Å². The molecule has 0 aliphatic rings. The Kier molecular flexibility index (Phi) is 6.33. The Bertz CT molecular complexity index is 323. The van der Waals surface area contributed by atoms with Crippen molar-refractivity contribution in [2.45, 2.75) is 38.3 Å². The van der Waals surface area contributed by atoms with E-state index in [1.54, 1.807) is 7.11 Å². The summed E-state index contributed by atoms with van der Waals surface area (Å²) in [6, 6.07) is 10.6. The molecule has 0 aliphatic heterocycles. The minimum atomic E-state index is -0.238. The van der Waals surface area contributed by atoms with Crippen LogP contribution < -0.4 is 5.32 Å². The fourth-order valence-electron chi connectivity index (χ4n) is 2.00. The molecule has 0 saturated heterocycles. The molecule has 0 radical (unpaired) electrons. The lowest BCUT2D eigenvalue weighted by atomic mass is 9.96. The highest BCUT2D eigenvalue weighted by molar-refractivity contribution is 5.16. The minimum absolute atomic E-state index is 0.137. The first kappa shape index (κ1) is 15.2. The van der Waals surface area contributed by atoms with Gasteiger partial charge in [0.15, 0.2) is 0 Å². The quantitative estimate of drug-likeness (QED) is 0.742. The van der Waals surface area contributed by atoms with E-state index in [4.69, 9.17) is 4.74 Å². The molecule has 18 heavy (non-hydrogen) atoms. The zero-order chi connectivity index (χ0) is 13.4. The van der Waals surface area contributed by atoms with Crippen molar-refractivity contribution in [2.24, 2.45) is 0 Å². The third-order valence-electron chi connectivity index (χ3n) is 3.37. The molecule has 0 fully saturated rings. The molecule has 1 aromatic carbocycles. The second-order valence-corrected chi connectivity index (χ2v) is 5.06. The molecule has 0 spiro atoms. The molecule has 2 atom stereocenters. The molecule has 1 rings (SSSR count). The number of aliphatic hydroxyl groups excluding tert-OH is 1. The maximum Gasteiger partial charge on any atom is 0.0619 e. The summed E-state index contributed by atoms with van der Waals surface area (Å²) in [5, 5.41) is 13.0. The first-order chi connectivity index (χ1) is 8.63. The Labute approximate surface area is 110 Å². The standard InChI is InChI=1S/C15H25NO2/c1-4-15(2,12-17)16-14(11-18-3)10-13-8-6-5-7-9-13/h5-9,14,16-17H,4,10-12H2,1-3H3. The van der Waals surface area contributed by atoms with Crippen LogP contribution in [0.2, 0.25) is 0 Å². The molecule has 2 unspecified atom stereocenters. The van der Waals surface area contributed by atoms with Crippen LogP contribution in [0.1, 0.15) is 25.8 Å². The van der Waals surface area contributed by atoms with Crippen LogP contribution >= 0.6 is 0 Å². The van der Waals surface area contributed by atoms with Gasteiger partial charge in [-0.15, -0.1) is 0 Å². The van der Waals surface area contributed by atoms with Gasteiger partial charge in [0, 0.05) is 18.7 Å². The van der Waals surface area contributed by atoms with Gasteiger partial charge in [0.2, 0.25) is 0 Å². The largest absolute Gasteiger partial charge is 0.394 e. The predicted molar refractivity (Wildman–Crippen MR) is 74.7 cm³/mol. The lowest BCUT2D eigenvalue weighted by molar-refractivity contribution is 0.114. The average Bonchev–Trinajstić information content (AvgIpc) is 2.40. The van der Waals surface area contributed by atoms with Crippen molar-refractivity contribution in [2.75, 3.05) is 20.3 Å². The fourth-order valence-corrected chi connectivity index (χ4v) is 2.00. The number of hydrogen-bond acceptors (Lipinski definition) is 3. The molecule has 0 saturated carbocycles. The molecule has 3 nitrogen and oxygen atoms in total. The Balaban J connectivity index is 2.65. The van der Waals surface area contributed by atoms with Gasteiger partial charge in [0.05, 0.1) is 13.2 Å². The van der Waals surface area contributed by atoms with Gasteiger partial charge in [-0.2, -0.15) is 0 Å². The predicted octanol–water partition coefficient (Wildman–Crippen LogP) is 1.99. The SMILES string of the molecule is CCC(C)(CO)NC(COC)Cc1ccccc1. The van der Waals surface area contributed by atoms with Crippen LogP contribution in [0.25, 0.3) is 0 Å². The van der Waals surface area contributed by atoms with Gasteiger partial charge < -0.3 is 15.2 Å². The van der Waals surface area contributed by atoms with Crippen molar-refractivity contribution in [3.8, 4) is 0 Å². The number of benzene rings is 1. The summed E-state index contributed by atoms with van der Waals surface area (Å²) in [7, 11) is 1.71. The number of rotatable bonds is 8. The van der Waals surface area contributed by atoms with Crippen LogP contribution in [0.3, 0.4) is 0 Å². The van der Waals surface area contributed by atoms with Gasteiger partial charge in [0.25, 0.3) is 0 Å². The number of aliphatic hydroxyl groups is 1. The monoisotopic (exact) mass is 251 g/mol. The van der Waals surface area contributed by atoms with Crippen LogP contribution in [0.5, 0.6) is 0 Å². The first-order valence-electron chi connectivity index (χ1n) is 6.55. The average molecular weight is 251 g/mol. The number of hydrogen-bond donors (Lipinski definition) is 2. The van der Waals surface area contributed by atoms with Gasteiger partial charge in [-0.1, -0.05) is 37.3 Å². The van der Waals surface area contributed by atoms with E-state index < -0.39 is 0 Å². The summed E-state index contributed by atoms with van der Waals surface area (Å²) in [6.45, 7) is 4.90. The van der Waals surface area contributed by atoms with Gasteiger partial charge in [0.1, 0.15) is 0 Å². The van der Waals surface area contributed by atoms with E-state index in [-0.39, 0.29) is 18.2 Å². The molecule has 2 N–H and O–H groups in total. The Morgan fingerprint density at radius 3 is 2.50 bits per heavy atom. The maximum atomic E-state index is 9.47. The summed E-state index contributed by atoms with van der Waals surface area (Å²) in [5.74, 6) is 0. The summed E-state index contributed by atoms with van der Waals surface area (Å²) >= 11 is 0. The Hall–Kier alpha value is -0.900. The Morgan fingerprint density at radius 1 is 1.33 bits per heavy atom. The number of ether oxygens (including phenoxy) is 1. The fraction of sp³-hybridized carbons (Fsp3) is 0.600. The van der Waals surface area contributed by atoms with Crippen molar-refractivity contribution >= 4 is 0 Å². The highest BCUT2D eigenvalue weighted by Crippen LogP contribution is 2.12. The second kappa shape index (κ2) is 7.52. The molecular formula is C15H25NO2. The van der Waals surface area contributed by atoms with Crippen LogP contribution in [0.15, 0.2) is 30.3 Å². The lowest BCUT2D eigenvalue weighted by Gasteiger charge is -2.32. The summed E-state index contributed by atoms with van der Waals surface area (Å²) < 4.78 is 5.27. The third kappa shape index (κ3) is 4.77. The highest BCUT2D eigenvalue weighted by Gasteiger charge is 2.24. The first-order valence-corrected chi connectivity index (χ1v) is 6.55. The zero-order valence-electron chi connectivity index (χ0n) is 11.6. The zero-order valence-corrected chi connectivity index (χ0v) is 11.6. The molecule has 3 heteroatoms. The van der Waals surface area contributed by atoms with E-state index in [0.717, 1.165) is 12.8 Å². The molecule has 0 aliphatic carbocycles. The molecule has 0 amide bonds. The van der Waals surface area contributed by atoms with Crippen LogP contribution in [-0.2, 0) is 11.2 Å². The highest BCUT2D eigenvalue weighted by atomic mass is 16.5. The molecule has 0 heterocycles. The maximum absolute atomic E-state index is 9.47. The van der Waals surface area contributed by atoms with Crippen molar-refractivity contribution in [3.05, 3.63) is 35.9 Å². The molecule has 1 aromatic rings. The number of nitrogens with one attached hydrogen (secondary N) is 1. The van der Waals surface area contributed by atoms with E-state index in [2.05, 4.69) is 24.4 Å². The van der Waals surface area contributed by atoms with Crippen molar-refractivity contribution in [1.82, 2.24) is 5.32 Å². The lowest BCUT2D eigenvalue weighted by Crippen LogP contribution is -2.52. The van der Waals surface area contributed by atoms with Crippen molar-refractivity contribution in [1.29, 1.82) is 0 Å². The summed E-state index contributed by atoms with van der Waals surface area (Å²) in [6.07, 6.45) is 1.79. The van der Waals surface area contributed by atoms with E-state index in [0.29, 0.717) is 6.61 Å². The van der Waals surface area contributed by atoms with Gasteiger partial charge in [-0.25, -0.2) is 0 Å². The third-order valence-corrected chi connectivity index (χ3v) is 3.37. The molecule has 0 bridgehead atoms. The van der Waals surface area contributed by atoms with Crippen LogP contribution in [-0.4, -0.2) is 37.0 Å². The molecular weight excluding hydrogens is 226 g/mol. The van der Waals surface area contributed by atoms with Gasteiger partial charge in [-0.3, -0.25) is 0 Å². The van der Waals surface area contributed by atoms with Crippen LogP contribution in [0.4, 0.5) is 0 Å². The van der Waals surface area contributed by atoms with E-state index >= 15 is 0 Å². The van der Waals surface area contributed by atoms with E-state index in [1.807, 2.05) is 25.1 Å². The topological polar surface area (TPSA) is 41.5 Å². The summed E-state index contributed by atoms with van der Waals surface area (Å²) in [4.78, 5) is 0. The minimum Gasteiger partial charge on any atom is -0.394 e. The van der Waals surface area contributed by atoms with Crippen LogP contribution in [0, 0.1) is 0 Å². The smallest absolute Gasteiger partial charge is 0.0619 e. The normalized spacial score (nSPS) is 16.2. The van der Waals surface area contributed by atoms with Crippen molar-refractivity contribution in [3.63, 3.8) is 0 Å². The Morgan fingerprint density at radius 2 is 2.00 bits per heavy atom. The molecule has 102 valence electrons.